The van der Waals surface area contributed by atoms with Gasteiger partial charge in [0.15, 0.2) is 0 Å². The van der Waals surface area contributed by atoms with Gasteiger partial charge in [0.1, 0.15) is 11.6 Å². The maximum Gasteiger partial charge on any atom is 0.418 e. The second kappa shape index (κ2) is 11.2. The van der Waals surface area contributed by atoms with E-state index in [4.69, 9.17) is 4.98 Å². The van der Waals surface area contributed by atoms with Crippen molar-refractivity contribution < 1.29 is 22.4 Å². The molecule has 10 heteroatoms. The number of hydrogen-bond donors (Lipinski definition) is 0. The van der Waals surface area contributed by atoms with Crippen LogP contribution in [-0.4, -0.2) is 64.5 Å². The lowest BCUT2D eigenvalue weighted by Gasteiger charge is -2.40. The minimum atomic E-state index is -4.42. The average molecular weight is 566 g/mol. The summed E-state index contributed by atoms with van der Waals surface area (Å²) >= 11 is 0. The predicted molar refractivity (Wildman–Crippen MR) is 149 cm³/mol. The molecular formula is C31H31F4N5O. The van der Waals surface area contributed by atoms with Gasteiger partial charge < -0.3 is 9.80 Å². The number of halogens is 4. The first-order valence-electron chi connectivity index (χ1n) is 13.9. The molecule has 0 unspecified atom stereocenters. The molecule has 0 aliphatic carbocycles. The fraction of sp³-hybridized carbons (Fsp3) is 0.355. The van der Waals surface area contributed by atoms with E-state index < -0.39 is 11.7 Å². The van der Waals surface area contributed by atoms with Crippen LogP contribution >= 0.6 is 0 Å². The molecular weight excluding hydrogens is 534 g/mol. The lowest BCUT2D eigenvalue weighted by atomic mass is 9.95. The van der Waals surface area contributed by atoms with Gasteiger partial charge in [-0.3, -0.25) is 14.3 Å². The molecule has 41 heavy (non-hydrogen) atoms. The molecule has 0 saturated carbocycles. The van der Waals surface area contributed by atoms with Crippen molar-refractivity contribution >= 4 is 22.6 Å². The number of aromatic nitrogens is 2. The van der Waals surface area contributed by atoms with Crippen molar-refractivity contribution in [2.24, 2.45) is 5.92 Å². The number of para-hydroxylation sites is 3. The molecule has 6 rings (SSSR count). The maximum absolute atomic E-state index is 13.6. The highest BCUT2D eigenvalue weighted by Crippen LogP contribution is 2.37. The minimum absolute atomic E-state index is 0.0898. The molecule has 1 amide bonds. The van der Waals surface area contributed by atoms with E-state index in [9.17, 15) is 22.4 Å². The van der Waals surface area contributed by atoms with Crippen LogP contribution in [-0.2, 0) is 17.5 Å². The van der Waals surface area contributed by atoms with Gasteiger partial charge in [-0.25, -0.2) is 9.37 Å². The zero-order chi connectivity index (χ0) is 28.6. The van der Waals surface area contributed by atoms with E-state index >= 15 is 0 Å². The first-order chi connectivity index (χ1) is 19.8. The lowest BCUT2D eigenvalue weighted by molar-refractivity contribution is -0.138. The molecule has 2 aliphatic heterocycles. The van der Waals surface area contributed by atoms with Gasteiger partial charge in [0.2, 0.25) is 5.91 Å². The maximum atomic E-state index is 13.6. The van der Waals surface area contributed by atoms with Crippen LogP contribution in [0.5, 0.6) is 0 Å². The van der Waals surface area contributed by atoms with Gasteiger partial charge >= 0.3 is 6.18 Å². The van der Waals surface area contributed by atoms with E-state index in [2.05, 4.69) is 9.47 Å². The number of nitrogens with zero attached hydrogens (tertiary/aromatic N) is 5. The third-order valence-electron chi connectivity index (χ3n) is 8.16. The quantitative estimate of drug-likeness (QED) is 0.290. The third kappa shape index (κ3) is 5.66. The second-order valence-corrected chi connectivity index (χ2v) is 10.7. The number of piperidine rings is 1. The van der Waals surface area contributed by atoms with Crippen molar-refractivity contribution in [2.45, 2.75) is 25.6 Å². The molecule has 2 fully saturated rings. The molecule has 2 saturated heterocycles. The Kier molecular flexibility index (Phi) is 7.42. The number of fused-ring (bicyclic) bond motifs is 1. The molecule has 0 atom stereocenters. The van der Waals surface area contributed by atoms with Crippen LogP contribution in [0.1, 0.15) is 24.2 Å². The third-order valence-corrected chi connectivity index (χ3v) is 8.16. The molecule has 3 heterocycles. The van der Waals surface area contributed by atoms with E-state index in [0.717, 1.165) is 41.7 Å². The molecule has 0 N–H and O–H groups in total. The number of imidazole rings is 1. The predicted octanol–water partition coefficient (Wildman–Crippen LogP) is 5.74. The number of amides is 1. The first kappa shape index (κ1) is 27.3. The van der Waals surface area contributed by atoms with Crippen molar-refractivity contribution in [2.75, 3.05) is 44.2 Å². The van der Waals surface area contributed by atoms with E-state index in [1.807, 2.05) is 24.3 Å². The van der Waals surface area contributed by atoms with Gasteiger partial charge in [0.25, 0.3) is 0 Å². The number of hydrogen-bond acceptors (Lipinski definition) is 4. The molecule has 0 radical (unpaired) electrons. The Morgan fingerprint density at radius 1 is 0.829 bits per heavy atom. The standard InChI is InChI=1S/C31H31F4N5O/c32-23-9-11-24(12-10-23)40-28-8-4-2-6-26(28)36-29(40)21-37-15-13-22(14-16-37)30(41)39-19-17-38(18-20-39)27-7-3-1-5-25(27)31(33,34)35/h1-12,22H,13-21H2. The highest BCUT2D eigenvalue weighted by molar-refractivity contribution is 5.79. The number of benzene rings is 3. The molecule has 6 nitrogen and oxygen atoms in total. The zero-order valence-corrected chi connectivity index (χ0v) is 22.5. The molecule has 3 aromatic carbocycles. The van der Waals surface area contributed by atoms with Crippen LogP contribution in [0.3, 0.4) is 0 Å². The fourth-order valence-electron chi connectivity index (χ4n) is 6.01. The average Bonchev–Trinajstić information content (AvgIpc) is 3.35. The Bertz CT molecular complexity index is 1520. The number of carbonyl (C=O) groups excluding carboxylic acids is 1. The smallest absolute Gasteiger partial charge is 0.367 e. The summed E-state index contributed by atoms with van der Waals surface area (Å²) in [5.41, 5.74) is 2.20. The van der Waals surface area contributed by atoms with Crippen LogP contribution in [0.4, 0.5) is 23.2 Å². The number of likely N-dealkylation sites (tertiary alicyclic amines) is 1. The Hall–Kier alpha value is -3.92. The van der Waals surface area contributed by atoms with Gasteiger partial charge in [-0.05, 0) is 74.5 Å². The monoisotopic (exact) mass is 565 g/mol. The van der Waals surface area contributed by atoms with E-state index in [-0.39, 0.29) is 23.3 Å². The van der Waals surface area contributed by atoms with Gasteiger partial charge in [-0.15, -0.1) is 0 Å². The summed E-state index contributed by atoms with van der Waals surface area (Å²) in [5, 5.41) is 0. The van der Waals surface area contributed by atoms with Crippen molar-refractivity contribution in [1.82, 2.24) is 19.4 Å². The highest BCUT2D eigenvalue weighted by atomic mass is 19.4. The summed E-state index contributed by atoms with van der Waals surface area (Å²) < 4.78 is 56.1. The van der Waals surface area contributed by atoms with Crippen LogP contribution in [0.25, 0.3) is 16.7 Å². The van der Waals surface area contributed by atoms with E-state index in [1.165, 1.54) is 24.3 Å². The number of rotatable bonds is 5. The molecule has 0 bridgehead atoms. The lowest BCUT2D eigenvalue weighted by Crippen LogP contribution is -2.52. The number of piperazine rings is 1. The van der Waals surface area contributed by atoms with Crippen molar-refractivity contribution in [1.29, 1.82) is 0 Å². The molecule has 214 valence electrons. The summed E-state index contributed by atoms with van der Waals surface area (Å²) in [5.74, 6) is 0.556. The second-order valence-electron chi connectivity index (χ2n) is 10.7. The summed E-state index contributed by atoms with van der Waals surface area (Å²) in [4.78, 5) is 24.0. The van der Waals surface area contributed by atoms with Crippen LogP contribution in [0, 0.1) is 11.7 Å². The zero-order valence-electron chi connectivity index (χ0n) is 22.5. The topological polar surface area (TPSA) is 44.6 Å². The minimum Gasteiger partial charge on any atom is -0.367 e. The Labute approximate surface area is 235 Å². The number of alkyl halides is 3. The van der Waals surface area contributed by atoms with Crippen LogP contribution in [0.15, 0.2) is 72.8 Å². The normalized spacial score (nSPS) is 17.4. The van der Waals surface area contributed by atoms with Gasteiger partial charge in [-0.2, -0.15) is 13.2 Å². The van der Waals surface area contributed by atoms with Gasteiger partial charge in [-0.1, -0.05) is 24.3 Å². The molecule has 0 spiro atoms. The molecule has 4 aromatic rings. The fourth-order valence-corrected chi connectivity index (χ4v) is 6.01. The summed E-state index contributed by atoms with van der Waals surface area (Å²) in [7, 11) is 0. The number of anilines is 1. The Morgan fingerprint density at radius 2 is 1.49 bits per heavy atom. The first-order valence-corrected chi connectivity index (χ1v) is 13.9. The van der Waals surface area contributed by atoms with E-state index in [1.54, 1.807) is 28.0 Å². The Balaban J connectivity index is 1.07. The summed E-state index contributed by atoms with van der Waals surface area (Å²) in [6.45, 7) is 3.64. The SMILES string of the molecule is O=C(C1CCN(Cc2nc3ccccc3n2-c2ccc(F)cc2)CC1)N1CCN(c2ccccc2C(F)(F)F)CC1. The Morgan fingerprint density at radius 3 is 2.20 bits per heavy atom. The molecule has 1 aromatic heterocycles. The summed E-state index contributed by atoms with van der Waals surface area (Å²) in [6, 6.07) is 19.9. The van der Waals surface area contributed by atoms with Crippen molar-refractivity contribution in [3.8, 4) is 5.69 Å². The largest absolute Gasteiger partial charge is 0.418 e. The van der Waals surface area contributed by atoms with Gasteiger partial charge in [0.05, 0.1) is 23.1 Å². The van der Waals surface area contributed by atoms with E-state index in [0.29, 0.717) is 45.6 Å². The molecule has 2 aliphatic rings. The van der Waals surface area contributed by atoms with Crippen LogP contribution in [0.2, 0.25) is 0 Å². The van der Waals surface area contributed by atoms with Crippen molar-refractivity contribution in [3.05, 3.63) is 90.0 Å². The number of carbonyl (C=O) groups is 1. The van der Waals surface area contributed by atoms with Crippen LogP contribution < -0.4 is 4.90 Å². The summed E-state index contributed by atoms with van der Waals surface area (Å²) in [6.07, 6.45) is -2.99. The highest BCUT2D eigenvalue weighted by Gasteiger charge is 2.36. The van der Waals surface area contributed by atoms with Gasteiger partial charge in [0, 0.05) is 43.5 Å². The van der Waals surface area contributed by atoms with Crippen molar-refractivity contribution in [3.63, 3.8) is 0 Å².